The maximum atomic E-state index is 13.7. The molecule has 2 amide bonds. The maximum Gasteiger partial charge on any atom is 0.305 e. The van der Waals surface area contributed by atoms with E-state index in [0.29, 0.717) is 5.69 Å². The molecule has 1 aromatic heterocycles. The Morgan fingerprint density at radius 3 is 2.35 bits per heavy atom. The van der Waals surface area contributed by atoms with Gasteiger partial charge in [0.05, 0.1) is 29.7 Å². The summed E-state index contributed by atoms with van der Waals surface area (Å²) in [5.74, 6) is 0.611. The van der Waals surface area contributed by atoms with E-state index in [0.717, 1.165) is 27.6 Å². The quantitative estimate of drug-likeness (QED) is 0.559. The van der Waals surface area contributed by atoms with Gasteiger partial charge >= 0.3 is 4.87 Å². The number of carbonyl (C=O) groups is 2. The smallest absolute Gasteiger partial charge is 0.305 e. The molecule has 1 saturated heterocycles. The van der Waals surface area contributed by atoms with Crippen molar-refractivity contribution in [3.05, 3.63) is 74.7 Å². The van der Waals surface area contributed by atoms with Gasteiger partial charge in [-0.15, -0.1) is 11.8 Å². The van der Waals surface area contributed by atoms with Gasteiger partial charge in [0, 0.05) is 16.0 Å². The summed E-state index contributed by atoms with van der Waals surface area (Å²) in [6.45, 7) is 0. The van der Waals surface area contributed by atoms with Crippen LogP contribution in [-0.2, 0) is 9.59 Å². The van der Waals surface area contributed by atoms with E-state index in [2.05, 4.69) is 17.1 Å². The first-order valence-corrected chi connectivity index (χ1v) is 13.2. The number of thioether (sulfide) groups is 1. The molecule has 2 bridgehead atoms. The summed E-state index contributed by atoms with van der Waals surface area (Å²) in [4.78, 5) is 45.1. The summed E-state index contributed by atoms with van der Waals surface area (Å²) < 4.78 is 5.36. The lowest BCUT2D eigenvalue weighted by atomic mass is 9.68. The number of H-pyrrole nitrogens is 1. The lowest BCUT2D eigenvalue weighted by molar-refractivity contribution is -0.123. The predicted octanol–water partition coefficient (Wildman–Crippen LogP) is 4.12. The van der Waals surface area contributed by atoms with Crippen LogP contribution in [0.3, 0.4) is 0 Å². The third-order valence-corrected chi connectivity index (χ3v) is 10.8. The lowest BCUT2D eigenvalue weighted by Gasteiger charge is -2.43. The average molecular weight is 491 g/mol. The summed E-state index contributed by atoms with van der Waals surface area (Å²) in [6.07, 6.45) is 0.892. The predicted molar refractivity (Wildman–Crippen MR) is 130 cm³/mol. The van der Waals surface area contributed by atoms with Crippen LogP contribution in [0, 0.1) is 29.6 Å². The minimum atomic E-state index is -0.280. The molecule has 0 unspecified atom stereocenters. The second-order valence-electron chi connectivity index (χ2n) is 9.58. The summed E-state index contributed by atoms with van der Waals surface area (Å²) in [5.41, 5.74) is 1.80. The van der Waals surface area contributed by atoms with E-state index in [1.54, 1.807) is 18.9 Å². The third kappa shape index (κ3) is 2.66. The fourth-order valence-electron chi connectivity index (χ4n) is 7.03. The van der Waals surface area contributed by atoms with E-state index in [1.165, 1.54) is 16.2 Å². The number of amides is 2. The topological polar surface area (TPSA) is 79.5 Å². The number of rotatable bonds is 3. The van der Waals surface area contributed by atoms with Crippen LogP contribution in [0.2, 0.25) is 0 Å². The highest BCUT2D eigenvalue weighted by Crippen LogP contribution is 2.68. The first-order valence-electron chi connectivity index (χ1n) is 11.5. The van der Waals surface area contributed by atoms with Gasteiger partial charge in [0.2, 0.25) is 11.8 Å². The van der Waals surface area contributed by atoms with Gasteiger partial charge in [0.25, 0.3) is 0 Å². The van der Waals surface area contributed by atoms with Crippen LogP contribution in [0.4, 0.5) is 5.69 Å². The SMILES string of the molecule is COc1ccc([C@@H]2c3sc(=O)[nH]c3S[C@@H]3[C@H]4C[C@@H]([C@@H]5C(=O)N(c6ccccc6)C(=O)[C@@H]45)[C@@H]23)cc1. The maximum absolute atomic E-state index is 13.7. The number of para-hydroxylation sites is 1. The van der Waals surface area contributed by atoms with Crippen molar-refractivity contribution in [2.45, 2.75) is 22.6 Å². The van der Waals surface area contributed by atoms with Crippen LogP contribution in [0.15, 0.2) is 64.4 Å². The fourth-order valence-corrected chi connectivity index (χ4v) is 9.92. The molecule has 2 aliphatic carbocycles. The lowest BCUT2D eigenvalue weighted by Crippen LogP contribution is -2.42. The molecule has 34 heavy (non-hydrogen) atoms. The molecule has 0 radical (unpaired) electrons. The van der Waals surface area contributed by atoms with E-state index in [4.69, 9.17) is 4.74 Å². The Balaban J connectivity index is 1.33. The summed E-state index contributed by atoms with van der Waals surface area (Å²) >= 11 is 2.99. The number of anilines is 1. The monoisotopic (exact) mass is 490 g/mol. The average Bonchev–Trinajstić information content (AvgIpc) is 3.58. The highest BCUT2D eigenvalue weighted by Gasteiger charge is 2.69. The normalized spacial score (nSPS) is 33.1. The van der Waals surface area contributed by atoms with E-state index in [-0.39, 0.29) is 57.4 Å². The molecule has 7 atom stereocenters. The fraction of sp³-hybridized carbons (Fsp3) is 0.346. The van der Waals surface area contributed by atoms with Crippen LogP contribution in [0.1, 0.15) is 22.8 Å². The minimum Gasteiger partial charge on any atom is -0.497 e. The Kier molecular flexibility index (Phi) is 4.42. The largest absolute Gasteiger partial charge is 0.497 e. The van der Waals surface area contributed by atoms with Crippen molar-refractivity contribution < 1.29 is 14.3 Å². The molecule has 4 aliphatic rings. The Labute approximate surface area is 204 Å². The molecule has 2 saturated carbocycles. The Morgan fingerprint density at radius 2 is 1.65 bits per heavy atom. The number of methoxy groups -OCH3 is 1. The number of ether oxygens (including phenoxy) is 1. The van der Waals surface area contributed by atoms with Gasteiger partial charge in [-0.3, -0.25) is 19.3 Å². The van der Waals surface area contributed by atoms with E-state index < -0.39 is 0 Å². The number of fused-ring (bicyclic) bond motifs is 9. The highest BCUT2D eigenvalue weighted by atomic mass is 32.2. The molecule has 1 N–H and O–H groups in total. The van der Waals surface area contributed by atoms with Crippen LogP contribution in [0.5, 0.6) is 5.75 Å². The van der Waals surface area contributed by atoms with Gasteiger partial charge in [-0.2, -0.15) is 0 Å². The van der Waals surface area contributed by atoms with Gasteiger partial charge in [-0.1, -0.05) is 41.7 Å². The van der Waals surface area contributed by atoms with E-state index in [1.807, 2.05) is 42.5 Å². The van der Waals surface area contributed by atoms with Crippen molar-refractivity contribution in [3.8, 4) is 5.75 Å². The summed E-state index contributed by atoms with van der Waals surface area (Å²) in [6, 6.07) is 17.4. The van der Waals surface area contributed by atoms with Crippen LogP contribution in [-0.4, -0.2) is 29.2 Å². The summed E-state index contributed by atoms with van der Waals surface area (Å²) in [5, 5.41) is 1.13. The van der Waals surface area contributed by atoms with Crippen molar-refractivity contribution in [1.82, 2.24) is 4.98 Å². The van der Waals surface area contributed by atoms with E-state index in [9.17, 15) is 14.4 Å². The molecule has 2 aliphatic heterocycles. The van der Waals surface area contributed by atoms with Gasteiger partial charge in [0.1, 0.15) is 5.75 Å². The number of nitrogens with zero attached hydrogens (tertiary/aromatic N) is 1. The molecule has 7 rings (SSSR count). The molecule has 0 spiro atoms. The zero-order valence-corrected chi connectivity index (χ0v) is 20.0. The highest BCUT2D eigenvalue weighted by molar-refractivity contribution is 8.00. The number of hydrogen-bond acceptors (Lipinski definition) is 6. The van der Waals surface area contributed by atoms with Crippen LogP contribution < -0.4 is 14.5 Å². The number of benzene rings is 2. The Morgan fingerprint density at radius 1 is 0.941 bits per heavy atom. The molecule has 3 heterocycles. The second-order valence-corrected chi connectivity index (χ2v) is 11.8. The van der Waals surface area contributed by atoms with Gasteiger partial charge < -0.3 is 9.72 Å². The van der Waals surface area contributed by atoms with Gasteiger partial charge in [-0.25, -0.2) is 0 Å². The van der Waals surface area contributed by atoms with Crippen molar-refractivity contribution in [1.29, 1.82) is 0 Å². The van der Waals surface area contributed by atoms with Crippen molar-refractivity contribution >= 4 is 40.6 Å². The third-order valence-electron chi connectivity index (χ3n) is 8.21. The number of carbonyl (C=O) groups excluding carboxylic acids is 2. The van der Waals surface area contributed by atoms with Crippen LogP contribution >= 0.6 is 23.1 Å². The number of aromatic nitrogens is 1. The number of thiazole rings is 1. The van der Waals surface area contributed by atoms with Crippen molar-refractivity contribution in [2.24, 2.45) is 29.6 Å². The van der Waals surface area contributed by atoms with Gasteiger partial charge in [-0.05, 0) is 54.0 Å². The molecule has 3 fully saturated rings. The molecule has 2 aromatic carbocycles. The number of hydrogen-bond donors (Lipinski definition) is 1. The minimum absolute atomic E-state index is 0.0285. The Hall–Kier alpha value is -2.84. The molecular formula is C26H22N2O4S2. The zero-order valence-electron chi connectivity index (χ0n) is 18.3. The molecular weight excluding hydrogens is 468 g/mol. The van der Waals surface area contributed by atoms with E-state index >= 15 is 0 Å². The second kappa shape index (κ2) is 7.33. The van der Waals surface area contributed by atoms with Gasteiger partial charge in [0.15, 0.2) is 0 Å². The standard InChI is InChI=1S/C26H22N2O4S2/c1-32-14-9-7-12(8-10-14)17-18-15-11-16(21(18)33-23-22(17)34-26(31)27-23)20-19(15)24(29)28(25(20)30)13-5-3-2-4-6-13/h2-10,15-21H,11H2,1H3,(H,27,31)/t15-,16+,17+,18+,19+,20+,21-/m1/s1. The molecule has 8 heteroatoms. The summed E-state index contributed by atoms with van der Waals surface area (Å²) in [7, 11) is 1.65. The molecule has 6 nitrogen and oxygen atoms in total. The Bertz CT molecular complexity index is 1370. The number of imide groups is 1. The van der Waals surface area contributed by atoms with Crippen molar-refractivity contribution in [3.63, 3.8) is 0 Å². The first kappa shape index (κ1) is 20.5. The molecule has 3 aromatic rings. The first-order chi connectivity index (χ1) is 16.6. The van der Waals surface area contributed by atoms with Crippen molar-refractivity contribution in [2.75, 3.05) is 12.0 Å². The molecule has 172 valence electrons. The number of nitrogens with one attached hydrogen (secondary N) is 1. The zero-order chi connectivity index (χ0) is 23.1. The number of aromatic amines is 1. The van der Waals surface area contributed by atoms with Crippen LogP contribution in [0.25, 0.3) is 0 Å².